The fraction of sp³-hybridized carbons (Fsp3) is 0.167. The number of hydrogen-bond donors (Lipinski definition) is 1. The number of amides is 4. The summed E-state index contributed by atoms with van der Waals surface area (Å²) in [7, 11) is 0. The van der Waals surface area contributed by atoms with E-state index >= 15 is 0 Å². The number of imide groups is 2. The summed E-state index contributed by atoms with van der Waals surface area (Å²) in [5.74, 6) is -1.88. The Morgan fingerprint density at radius 1 is 1.06 bits per heavy atom. The summed E-state index contributed by atoms with van der Waals surface area (Å²) in [6.45, 7) is 3.89. The summed E-state index contributed by atoms with van der Waals surface area (Å²) >= 11 is 0. The maximum atomic E-state index is 13.1. The number of para-hydroxylation sites is 1. The third-order valence-electron chi connectivity index (χ3n) is 5.12. The van der Waals surface area contributed by atoms with Crippen molar-refractivity contribution in [2.45, 2.75) is 20.4 Å². The summed E-state index contributed by atoms with van der Waals surface area (Å²) < 4.78 is 6.74. The average molecular weight is 431 g/mol. The minimum Gasteiger partial charge on any atom is -0.465 e. The van der Waals surface area contributed by atoms with Crippen LogP contribution < -0.4 is 10.2 Å². The van der Waals surface area contributed by atoms with Crippen LogP contribution in [0.4, 0.5) is 10.5 Å². The van der Waals surface area contributed by atoms with Crippen molar-refractivity contribution in [1.29, 1.82) is 0 Å². The van der Waals surface area contributed by atoms with Gasteiger partial charge in [-0.2, -0.15) is 0 Å². The minimum atomic E-state index is -0.800. The van der Waals surface area contributed by atoms with Crippen molar-refractivity contribution < 1.29 is 23.9 Å². The van der Waals surface area contributed by atoms with Gasteiger partial charge < -0.3 is 9.30 Å². The molecule has 4 rings (SSSR count). The number of aromatic nitrogens is 1. The molecule has 1 aromatic heterocycles. The molecule has 2 aromatic carbocycles. The van der Waals surface area contributed by atoms with E-state index < -0.39 is 23.8 Å². The van der Waals surface area contributed by atoms with Gasteiger partial charge in [0.1, 0.15) is 12.1 Å². The van der Waals surface area contributed by atoms with Crippen LogP contribution >= 0.6 is 0 Å². The molecule has 0 saturated carbocycles. The summed E-state index contributed by atoms with van der Waals surface area (Å²) in [6, 6.07) is 13.4. The smallest absolute Gasteiger partial charge is 0.335 e. The summed E-state index contributed by atoms with van der Waals surface area (Å²) in [5, 5.41) is 2.98. The Bertz CT molecular complexity index is 1270. The number of rotatable bonds is 5. The fourth-order valence-corrected chi connectivity index (χ4v) is 3.61. The van der Waals surface area contributed by atoms with Crippen molar-refractivity contribution in [3.8, 4) is 0 Å². The van der Waals surface area contributed by atoms with Gasteiger partial charge >= 0.3 is 12.0 Å². The number of nitrogens with zero attached hydrogens (tertiary/aromatic N) is 2. The third kappa shape index (κ3) is 3.90. The van der Waals surface area contributed by atoms with Gasteiger partial charge in [0.15, 0.2) is 0 Å². The summed E-state index contributed by atoms with van der Waals surface area (Å²) in [5.41, 5.74) is 2.48. The first-order valence-corrected chi connectivity index (χ1v) is 10.1. The Morgan fingerprint density at radius 2 is 1.78 bits per heavy atom. The molecule has 0 atom stereocenters. The molecule has 2 heterocycles. The lowest BCUT2D eigenvalue weighted by Gasteiger charge is -2.26. The number of fused-ring (bicyclic) bond motifs is 1. The van der Waals surface area contributed by atoms with Crippen molar-refractivity contribution in [2.75, 3.05) is 11.5 Å². The quantitative estimate of drug-likeness (QED) is 0.380. The van der Waals surface area contributed by atoms with E-state index in [-0.39, 0.29) is 18.7 Å². The molecule has 1 aliphatic heterocycles. The lowest BCUT2D eigenvalue weighted by atomic mass is 10.1. The van der Waals surface area contributed by atoms with Gasteiger partial charge in [0, 0.05) is 22.7 Å². The lowest BCUT2D eigenvalue weighted by Crippen LogP contribution is -2.54. The second kappa shape index (κ2) is 8.50. The van der Waals surface area contributed by atoms with Crippen LogP contribution in [0.15, 0.2) is 60.3 Å². The normalized spacial score (nSPS) is 15.4. The van der Waals surface area contributed by atoms with Crippen LogP contribution in [0.1, 0.15) is 18.1 Å². The van der Waals surface area contributed by atoms with Crippen LogP contribution in [-0.4, -0.2) is 35.0 Å². The summed E-state index contributed by atoms with van der Waals surface area (Å²) in [4.78, 5) is 51.0. The van der Waals surface area contributed by atoms with Gasteiger partial charge in [0.2, 0.25) is 0 Å². The molecule has 0 unspecified atom stereocenters. The monoisotopic (exact) mass is 431 g/mol. The number of anilines is 1. The van der Waals surface area contributed by atoms with Crippen molar-refractivity contribution in [3.05, 3.63) is 71.4 Å². The molecule has 1 N–H and O–H groups in total. The SMILES string of the molecule is CCOC(=O)Cn1cc(C=C2C(=O)NC(=O)N(c3ccc(C)cc3)C2=O)c2ccccc21. The van der Waals surface area contributed by atoms with Gasteiger partial charge in [0.05, 0.1) is 12.3 Å². The highest BCUT2D eigenvalue weighted by molar-refractivity contribution is 6.39. The first-order valence-electron chi connectivity index (χ1n) is 10.1. The van der Waals surface area contributed by atoms with Crippen molar-refractivity contribution in [1.82, 2.24) is 9.88 Å². The lowest BCUT2D eigenvalue weighted by molar-refractivity contribution is -0.143. The second-order valence-electron chi connectivity index (χ2n) is 7.33. The Morgan fingerprint density at radius 3 is 2.50 bits per heavy atom. The molecule has 0 radical (unpaired) electrons. The average Bonchev–Trinajstić information content (AvgIpc) is 3.10. The molecule has 32 heavy (non-hydrogen) atoms. The number of ether oxygens (including phenoxy) is 1. The fourth-order valence-electron chi connectivity index (χ4n) is 3.61. The Kier molecular flexibility index (Phi) is 5.59. The highest BCUT2D eigenvalue weighted by Gasteiger charge is 2.37. The Balaban J connectivity index is 1.76. The predicted molar refractivity (Wildman–Crippen MR) is 119 cm³/mol. The number of benzene rings is 2. The number of nitrogens with one attached hydrogen (secondary N) is 1. The maximum absolute atomic E-state index is 13.1. The Hall–Kier alpha value is -4.20. The van der Waals surface area contributed by atoms with E-state index in [1.54, 1.807) is 42.0 Å². The number of aryl methyl sites for hydroxylation is 1. The molecule has 8 heteroatoms. The number of urea groups is 1. The van der Waals surface area contributed by atoms with E-state index in [1.807, 2.05) is 31.2 Å². The number of esters is 1. The Labute approximate surface area is 184 Å². The van der Waals surface area contributed by atoms with Crippen LogP contribution in [0.5, 0.6) is 0 Å². The van der Waals surface area contributed by atoms with Gasteiger partial charge in [-0.15, -0.1) is 0 Å². The summed E-state index contributed by atoms with van der Waals surface area (Å²) in [6.07, 6.45) is 3.12. The molecule has 0 aliphatic carbocycles. The molecule has 1 aliphatic rings. The number of carbonyl (C=O) groups is 4. The zero-order valence-electron chi connectivity index (χ0n) is 17.6. The number of barbiturate groups is 1. The zero-order chi connectivity index (χ0) is 22.8. The zero-order valence-corrected chi connectivity index (χ0v) is 17.6. The van der Waals surface area contributed by atoms with Crippen LogP contribution in [0, 0.1) is 6.92 Å². The third-order valence-corrected chi connectivity index (χ3v) is 5.12. The van der Waals surface area contributed by atoms with Crippen LogP contribution in [-0.2, 0) is 25.7 Å². The highest BCUT2D eigenvalue weighted by Crippen LogP contribution is 2.27. The first-order chi connectivity index (χ1) is 15.4. The topological polar surface area (TPSA) is 97.7 Å². The molecule has 0 bridgehead atoms. The van der Waals surface area contributed by atoms with E-state index in [4.69, 9.17) is 4.74 Å². The number of hydrogen-bond acceptors (Lipinski definition) is 5. The van der Waals surface area contributed by atoms with Crippen LogP contribution in [0.2, 0.25) is 0 Å². The van der Waals surface area contributed by atoms with Gasteiger partial charge in [0.25, 0.3) is 11.8 Å². The molecule has 1 saturated heterocycles. The molecular weight excluding hydrogens is 410 g/mol. The predicted octanol–water partition coefficient (Wildman–Crippen LogP) is 3.18. The van der Waals surface area contributed by atoms with Crippen molar-refractivity contribution in [2.24, 2.45) is 0 Å². The highest BCUT2D eigenvalue weighted by atomic mass is 16.5. The van der Waals surface area contributed by atoms with Gasteiger partial charge in [-0.05, 0) is 38.1 Å². The first kappa shape index (κ1) is 21.0. The molecule has 3 aromatic rings. The van der Waals surface area contributed by atoms with Crippen molar-refractivity contribution in [3.63, 3.8) is 0 Å². The maximum Gasteiger partial charge on any atom is 0.335 e. The van der Waals surface area contributed by atoms with Crippen molar-refractivity contribution >= 4 is 46.5 Å². The largest absolute Gasteiger partial charge is 0.465 e. The minimum absolute atomic E-state index is 0.00829. The molecule has 0 spiro atoms. The van der Waals surface area contributed by atoms with E-state index in [0.717, 1.165) is 21.4 Å². The van der Waals surface area contributed by atoms with E-state index in [2.05, 4.69) is 5.32 Å². The molecule has 162 valence electrons. The molecule has 1 fully saturated rings. The number of carbonyl (C=O) groups excluding carboxylic acids is 4. The van der Waals surface area contributed by atoms with Gasteiger partial charge in [-0.25, -0.2) is 9.69 Å². The van der Waals surface area contributed by atoms with Gasteiger partial charge in [-0.3, -0.25) is 19.7 Å². The molecular formula is C24H21N3O5. The van der Waals surface area contributed by atoms with E-state index in [9.17, 15) is 19.2 Å². The van der Waals surface area contributed by atoms with Crippen LogP contribution in [0.3, 0.4) is 0 Å². The van der Waals surface area contributed by atoms with E-state index in [1.165, 1.54) is 6.08 Å². The second-order valence-corrected chi connectivity index (χ2v) is 7.33. The van der Waals surface area contributed by atoms with Gasteiger partial charge in [-0.1, -0.05) is 35.9 Å². The standard InChI is InChI=1S/C24H21N3O5/c1-3-32-21(28)14-26-13-16(18-6-4-5-7-20(18)26)12-19-22(29)25-24(31)27(23(19)30)17-10-8-15(2)9-11-17/h4-13H,3,14H2,1-2H3,(H,25,29,31). The van der Waals surface area contributed by atoms with E-state index in [0.29, 0.717) is 11.3 Å². The van der Waals surface area contributed by atoms with Crippen LogP contribution in [0.25, 0.3) is 17.0 Å². The molecule has 4 amide bonds. The molecule has 8 nitrogen and oxygen atoms in total.